The maximum Gasteiger partial charge on any atom is 0.504 e. The normalized spacial score (nSPS) is 15.4. The average Bonchev–Trinajstić information content (AvgIpc) is 3.41. The summed E-state index contributed by atoms with van der Waals surface area (Å²) in [5, 5.41) is 6.56. The van der Waals surface area contributed by atoms with Crippen molar-refractivity contribution in [3.8, 4) is 28.1 Å². The minimum Gasteiger partial charge on any atom is -0.496 e. The van der Waals surface area contributed by atoms with Crippen molar-refractivity contribution < 1.29 is 22.3 Å². The molecule has 9 nitrogen and oxygen atoms in total. The van der Waals surface area contributed by atoms with Gasteiger partial charge in [-0.2, -0.15) is 9.78 Å². The average molecular weight is 579 g/mol. The predicted octanol–water partition coefficient (Wildman–Crippen LogP) is 5.31. The van der Waals surface area contributed by atoms with Crippen molar-refractivity contribution in [1.82, 2.24) is 19.7 Å². The molecule has 0 radical (unpaired) electrons. The van der Waals surface area contributed by atoms with Crippen LogP contribution in [-0.4, -0.2) is 46.0 Å². The van der Waals surface area contributed by atoms with Gasteiger partial charge in [0.15, 0.2) is 0 Å². The molecule has 4 heterocycles. The molecule has 3 aromatic heterocycles. The number of hydrogen-bond acceptors (Lipinski definition) is 8. The molecular formula is C26H27ClF4N8O. The van der Waals surface area contributed by atoms with Crippen molar-refractivity contribution in [2.75, 3.05) is 36.1 Å². The third-order valence-corrected chi connectivity index (χ3v) is 6.45. The van der Waals surface area contributed by atoms with Crippen LogP contribution < -0.4 is 26.4 Å². The number of hydrogen-bond donors (Lipinski definition) is 3. The smallest absolute Gasteiger partial charge is 0.496 e. The number of nitrogens with zero attached hydrogens (tertiary/aromatic N) is 5. The molecule has 0 spiro atoms. The highest BCUT2D eigenvalue weighted by Gasteiger charge is 2.32. The van der Waals surface area contributed by atoms with Gasteiger partial charge < -0.3 is 26.4 Å². The number of anilines is 4. The molecule has 1 saturated heterocycles. The Balaban J connectivity index is 0.00000370. The summed E-state index contributed by atoms with van der Waals surface area (Å²) in [7, 11) is 1.43. The minimum absolute atomic E-state index is 0. The van der Waals surface area contributed by atoms with E-state index in [2.05, 4.69) is 20.4 Å². The Labute approximate surface area is 233 Å². The summed E-state index contributed by atoms with van der Waals surface area (Å²) in [6.45, 7) is 1.20. The first-order valence-corrected chi connectivity index (χ1v) is 12.1. The Hall–Kier alpha value is -4.10. The number of alkyl halides is 3. The Morgan fingerprint density at radius 3 is 2.62 bits per heavy atom. The van der Waals surface area contributed by atoms with Crippen LogP contribution in [0.3, 0.4) is 0 Å². The second-order valence-electron chi connectivity index (χ2n) is 9.15. The van der Waals surface area contributed by atoms with Crippen LogP contribution in [0.5, 0.6) is 5.75 Å². The van der Waals surface area contributed by atoms with Gasteiger partial charge in [-0.3, -0.25) is 0 Å². The molecule has 0 aliphatic carbocycles. The van der Waals surface area contributed by atoms with E-state index in [0.717, 1.165) is 25.2 Å². The van der Waals surface area contributed by atoms with Crippen molar-refractivity contribution in [1.29, 1.82) is 0 Å². The van der Waals surface area contributed by atoms with Gasteiger partial charge in [0.1, 0.15) is 28.9 Å². The Morgan fingerprint density at radius 1 is 1.12 bits per heavy atom. The van der Waals surface area contributed by atoms with Crippen molar-refractivity contribution >= 4 is 35.4 Å². The van der Waals surface area contributed by atoms with E-state index in [1.807, 2.05) is 4.90 Å². The summed E-state index contributed by atoms with van der Waals surface area (Å²) in [5.41, 5.74) is 14.3. The lowest BCUT2D eigenvalue weighted by Crippen LogP contribution is -2.43. The Bertz CT molecular complexity index is 1500. The lowest BCUT2D eigenvalue weighted by atomic mass is 10.0. The van der Waals surface area contributed by atoms with Gasteiger partial charge in [-0.15, -0.1) is 25.6 Å². The van der Waals surface area contributed by atoms with Gasteiger partial charge in [-0.25, -0.2) is 14.4 Å². The van der Waals surface area contributed by atoms with E-state index in [0.29, 0.717) is 36.0 Å². The summed E-state index contributed by atoms with van der Waals surface area (Å²) in [6, 6.07) is 9.26. The van der Waals surface area contributed by atoms with Gasteiger partial charge in [-0.1, -0.05) is 6.07 Å². The van der Waals surface area contributed by atoms with Crippen molar-refractivity contribution in [3.63, 3.8) is 0 Å². The fraction of sp³-hybridized carbons (Fsp3) is 0.269. The van der Waals surface area contributed by atoms with Crippen LogP contribution in [0.2, 0.25) is 0 Å². The number of aromatic nitrogens is 4. The fourth-order valence-corrected chi connectivity index (χ4v) is 4.60. The maximum absolute atomic E-state index is 14.7. The number of nitrogens with two attached hydrogens (primary N) is 2. The zero-order valence-corrected chi connectivity index (χ0v) is 22.1. The topological polar surface area (TPSA) is 120 Å². The third kappa shape index (κ3) is 5.89. The first-order chi connectivity index (χ1) is 18.6. The number of pyridine rings is 2. The Kier molecular flexibility index (Phi) is 8.35. The number of piperidine rings is 1. The monoisotopic (exact) mass is 578 g/mol. The van der Waals surface area contributed by atoms with Crippen molar-refractivity contribution in [3.05, 3.63) is 60.8 Å². The highest BCUT2D eigenvalue weighted by Crippen LogP contribution is 2.37. The summed E-state index contributed by atoms with van der Waals surface area (Å²) in [6.07, 6.45) is 0.605. The zero-order chi connectivity index (χ0) is 27.7. The van der Waals surface area contributed by atoms with Crippen molar-refractivity contribution in [2.24, 2.45) is 5.73 Å². The van der Waals surface area contributed by atoms with Gasteiger partial charge in [0.05, 0.1) is 24.6 Å². The van der Waals surface area contributed by atoms with E-state index in [1.165, 1.54) is 25.4 Å². The zero-order valence-electron chi connectivity index (χ0n) is 21.3. The van der Waals surface area contributed by atoms with Crippen LogP contribution in [0.1, 0.15) is 12.8 Å². The standard InChI is InChI=1S/C26H26F4N8O.ClH/c1-39-21-6-2-5-18(27)24(21)25-19(32)7-8-22(36-25)35-23-10-20(37-9-3-4-16(31)14-37)17(12-33-23)15-11-34-38(13-15)26(28,29)30;/h2,5-8,10-13,16H,3-4,9,14,31-32H2,1H3,(H,33,35,36);1H/t16-;/m0./s1. The number of ether oxygens (including phenoxy) is 1. The van der Waals surface area contributed by atoms with Crippen LogP contribution in [-0.2, 0) is 6.30 Å². The van der Waals surface area contributed by atoms with E-state index in [4.69, 9.17) is 16.2 Å². The highest BCUT2D eigenvalue weighted by atomic mass is 35.5. The summed E-state index contributed by atoms with van der Waals surface area (Å²) in [5.74, 6) is 0.434. The highest BCUT2D eigenvalue weighted by molar-refractivity contribution is 5.85. The molecule has 0 amide bonds. The van der Waals surface area contributed by atoms with E-state index in [-0.39, 0.29) is 51.4 Å². The summed E-state index contributed by atoms with van der Waals surface area (Å²) >= 11 is 0. The molecular weight excluding hydrogens is 552 g/mol. The van der Waals surface area contributed by atoms with Crippen LogP contribution in [0.4, 0.5) is 40.6 Å². The number of halogens is 5. The molecule has 5 N–H and O–H groups in total. The quantitative estimate of drug-likeness (QED) is 0.263. The molecule has 1 fully saturated rings. The third-order valence-electron chi connectivity index (χ3n) is 6.45. The molecule has 0 saturated carbocycles. The molecule has 1 aliphatic rings. The molecule has 1 aliphatic heterocycles. The van der Waals surface area contributed by atoms with E-state index >= 15 is 0 Å². The van der Waals surface area contributed by atoms with Gasteiger partial charge in [0, 0.05) is 54.4 Å². The first kappa shape index (κ1) is 28.9. The largest absolute Gasteiger partial charge is 0.504 e. The molecule has 40 heavy (non-hydrogen) atoms. The molecule has 212 valence electrons. The maximum atomic E-state index is 14.7. The lowest BCUT2D eigenvalue weighted by Gasteiger charge is -2.34. The predicted molar refractivity (Wildman–Crippen MR) is 147 cm³/mol. The molecule has 5 rings (SSSR count). The van der Waals surface area contributed by atoms with Crippen LogP contribution in [0.15, 0.2) is 55.0 Å². The fourth-order valence-electron chi connectivity index (χ4n) is 4.60. The van der Waals surface area contributed by atoms with E-state index in [9.17, 15) is 17.6 Å². The second kappa shape index (κ2) is 11.6. The lowest BCUT2D eigenvalue weighted by molar-refractivity contribution is -0.212. The molecule has 0 unspecified atom stereocenters. The molecule has 14 heteroatoms. The number of nitrogen functional groups attached to an aromatic ring is 1. The number of nitrogens with one attached hydrogen (secondary N) is 1. The second-order valence-corrected chi connectivity index (χ2v) is 9.15. The summed E-state index contributed by atoms with van der Waals surface area (Å²) < 4.78 is 59.5. The van der Waals surface area contributed by atoms with Gasteiger partial charge in [0.25, 0.3) is 0 Å². The van der Waals surface area contributed by atoms with E-state index in [1.54, 1.807) is 24.3 Å². The van der Waals surface area contributed by atoms with Gasteiger partial charge in [0.2, 0.25) is 0 Å². The number of benzene rings is 1. The van der Waals surface area contributed by atoms with Crippen molar-refractivity contribution in [2.45, 2.75) is 25.2 Å². The Morgan fingerprint density at radius 2 is 1.93 bits per heavy atom. The minimum atomic E-state index is -4.64. The van der Waals surface area contributed by atoms with Gasteiger partial charge in [-0.05, 0) is 37.1 Å². The first-order valence-electron chi connectivity index (χ1n) is 12.1. The number of methoxy groups -OCH3 is 1. The number of rotatable bonds is 6. The van der Waals surface area contributed by atoms with Crippen LogP contribution in [0.25, 0.3) is 22.4 Å². The van der Waals surface area contributed by atoms with Gasteiger partial charge >= 0.3 is 6.30 Å². The molecule has 1 atom stereocenters. The van der Waals surface area contributed by atoms with Crippen LogP contribution >= 0.6 is 12.4 Å². The SMILES string of the molecule is COc1cccc(F)c1-c1nc(Nc2cc(N3CCC[C@H](N)C3)c(-c3cnn(C(F)(F)F)c3)cn2)ccc1N.Cl. The molecule has 4 aromatic rings. The molecule has 1 aromatic carbocycles. The molecule has 0 bridgehead atoms. The van der Waals surface area contributed by atoms with E-state index < -0.39 is 12.1 Å². The summed E-state index contributed by atoms with van der Waals surface area (Å²) in [4.78, 5) is 10.9. The van der Waals surface area contributed by atoms with Crippen LogP contribution in [0, 0.1) is 5.82 Å².